The fourth-order valence-corrected chi connectivity index (χ4v) is 4.47. The van der Waals surface area contributed by atoms with E-state index in [2.05, 4.69) is 22.2 Å². The molecule has 1 aliphatic heterocycles. The lowest BCUT2D eigenvalue weighted by atomic mass is 9.80. The first-order chi connectivity index (χ1) is 17.7. The van der Waals surface area contributed by atoms with E-state index in [-0.39, 0.29) is 35.7 Å². The van der Waals surface area contributed by atoms with Crippen LogP contribution in [0.4, 0.5) is 34.0 Å². The van der Waals surface area contributed by atoms with Gasteiger partial charge in [-0.1, -0.05) is 19.1 Å². The standard InChI is InChI=1S/C27H35F4N5O2/c1-25(2,3)38-24(37)35-13-11-26(4,12-14-35)16-32-22-21(28)23(34-17-33-22)36(20-9-10-20)15-18-5-7-19(8-6-18)27(29,30)31/h5-8,17,20H,9-16H2,1-4H3,(H,32,33,34). The first-order valence-electron chi connectivity index (χ1n) is 12.9. The van der Waals surface area contributed by atoms with Crippen LogP contribution in [0.5, 0.6) is 0 Å². The molecule has 1 amide bonds. The van der Waals surface area contributed by atoms with E-state index in [1.807, 2.05) is 20.8 Å². The van der Waals surface area contributed by atoms with E-state index >= 15 is 4.39 Å². The van der Waals surface area contributed by atoms with Crippen molar-refractivity contribution in [3.05, 3.63) is 47.5 Å². The lowest BCUT2D eigenvalue weighted by molar-refractivity contribution is -0.137. The normalized spacial score (nSPS) is 17.7. The molecule has 38 heavy (non-hydrogen) atoms. The van der Waals surface area contributed by atoms with Crippen LogP contribution in [0.1, 0.15) is 64.5 Å². The van der Waals surface area contributed by atoms with Gasteiger partial charge in [0.2, 0.25) is 5.82 Å². The second kappa shape index (κ2) is 10.6. The molecule has 1 saturated heterocycles. The molecule has 7 nitrogen and oxygen atoms in total. The third-order valence-corrected chi connectivity index (χ3v) is 6.97. The molecule has 2 aromatic rings. The van der Waals surface area contributed by atoms with Crippen molar-refractivity contribution < 1.29 is 27.1 Å². The number of hydrogen-bond acceptors (Lipinski definition) is 6. The van der Waals surface area contributed by atoms with Crippen LogP contribution >= 0.6 is 0 Å². The van der Waals surface area contributed by atoms with Gasteiger partial charge in [-0.2, -0.15) is 17.6 Å². The minimum atomic E-state index is -4.41. The minimum Gasteiger partial charge on any atom is -0.444 e. The molecule has 4 rings (SSSR count). The molecule has 208 valence electrons. The fraction of sp³-hybridized carbons (Fsp3) is 0.593. The number of anilines is 2. The summed E-state index contributed by atoms with van der Waals surface area (Å²) < 4.78 is 59.8. The number of nitrogens with zero attached hydrogens (tertiary/aromatic N) is 4. The van der Waals surface area contributed by atoms with Crippen molar-refractivity contribution in [2.75, 3.05) is 29.9 Å². The molecular formula is C27H35F4N5O2. The van der Waals surface area contributed by atoms with E-state index in [0.29, 0.717) is 25.2 Å². The summed E-state index contributed by atoms with van der Waals surface area (Å²) in [5, 5.41) is 3.14. The predicted octanol–water partition coefficient (Wildman–Crippen LogP) is 6.25. The van der Waals surface area contributed by atoms with E-state index < -0.39 is 23.2 Å². The molecule has 1 aliphatic carbocycles. The molecule has 11 heteroatoms. The molecule has 1 aromatic carbocycles. The molecule has 1 N–H and O–H groups in total. The maximum absolute atomic E-state index is 15.6. The van der Waals surface area contributed by atoms with Gasteiger partial charge in [0.15, 0.2) is 11.6 Å². The van der Waals surface area contributed by atoms with Crippen molar-refractivity contribution in [1.82, 2.24) is 14.9 Å². The first-order valence-corrected chi connectivity index (χ1v) is 12.9. The van der Waals surface area contributed by atoms with Crippen molar-refractivity contribution in [3.63, 3.8) is 0 Å². The highest BCUT2D eigenvalue weighted by molar-refractivity contribution is 5.68. The summed E-state index contributed by atoms with van der Waals surface area (Å²) in [5.41, 5.74) is -0.805. The van der Waals surface area contributed by atoms with Crippen molar-refractivity contribution in [2.45, 2.75) is 77.7 Å². The Morgan fingerprint density at radius 3 is 2.32 bits per heavy atom. The summed E-state index contributed by atoms with van der Waals surface area (Å²) in [5.74, 6) is -0.361. The Hall–Kier alpha value is -3.11. The summed E-state index contributed by atoms with van der Waals surface area (Å²) in [6.45, 7) is 9.40. The highest BCUT2D eigenvalue weighted by atomic mass is 19.4. The van der Waals surface area contributed by atoms with Crippen molar-refractivity contribution in [3.8, 4) is 0 Å². The van der Waals surface area contributed by atoms with Gasteiger partial charge in [-0.3, -0.25) is 0 Å². The van der Waals surface area contributed by atoms with Gasteiger partial charge in [0.05, 0.1) is 5.56 Å². The summed E-state index contributed by atoms with van der Waals surface area (Å²) >= 11 is 0. The Bertz CT molecular complexity index is 1120. The van der Waals surface area contributed by atoms with Crippen LogP contribution in [0.25, 0.3) is 0 Å². The van der Waals surface area contributed by atoms with Crippen LogP contribution in [-0.2, 0) is 17.5 Å². The number of rotatable bonds is 7. The Labute approximate surface area is 220 Å². The van der Waals surface area contributed by atoms with E-state index in [0.717, 1.165) is 37.8 Å². The molecule has 0 unspecified atom stereocenters. The SMILES string of the molecule is CC1(CNc2ncnc(N(Cc3ccc(C(F)(F)F)cc3)C3CC3)c2F)CCN(C(=O)OC(C)(C)C)CC1. The van der Waals surface area contributed by atoms with Gasteiger partial charge in [-0.05, 0) is 69.6 Å². The molecule has 2 aliphatic rings. The maximum atomic E-state index is 15.6. The number of benzene rings is 1. The summed E-state index contributed by atoms with van der Waals surface area (Å²) in [6, 6.07) is 4.99. The number of ether oxygens (including phenoxy) is 1. The number of carbonyl (C=O) groups excluding carboxylic acids is 1. The Kier molecular flexibility index (Phi) is 7.76. The average Bonchev–Trinajstić information content (AvgIpc) is 3.67. The van der Waals surface area contributed by atoms with Gasteiger partial charge < -0.3 is 19.9 Å². The molecule has 0 bridgehead atoms. The first kappa shape index (κ1) is 27.9. The number of piperidine rings is 1. The number of halogens is 4. The summed E-state index contributed by atoms with van der Waals surface area (Å²) in [4.78, 5) is 24.2. The van der Waals surface area contributed by atoms with E-state index in [9.17, 15) is 18.0 Å². The van der Waals surface area contributed by atoms with Crippen molar-refractivity contribution in [2.24, 2.45) is 5.41 Å². The zero-order valence-corrected chi connectivity index (χ0v) is 22.2. The zero-order valence-electron chi connectivity index (χ0n) is 22.2. The average molecular weight is 538 g/mol. The van der Waals surface area contributed by atoms with Crippen LogP contribution in [0.15, 0.2) is 30.6 Å². The predicted molar refractivity (Wildman–Crippen MR) is 136 cm³/mol. The smallest absolute Gasteiger partial charge is 0.416 e. The number of alkyl halides is 3. The van der Waals surface area contributed by atoms with E-state index in [4.69, 9.17) is 4.74 Å². The molecule has 1 saturated carbocycles. The highest BCUT2D eigenvalue weighted by Gasteiger charge is 2.36. The number of likely N-dealkylation sites (tertiary alicyclic amines) is 1. The Balaban J connectivity index is 1.40. The highest BCUT2D eigenvalue weighted by Crippen LogP contribution is 2.36. The second-order valence-corrected chi connectivity index (χ2v) is 11.5. The number of nitrogens with one attached hydrogen (secondary N) is 1. The minimum absolute atomic E-state index is 0.0734. The topological polar surface area (TPSA) is 70.6 Å². The Morgan fingerprint density at radius 1 is 1.13 bits per heavy atom. The third kappa shape index (κ3) is 7.05. The van der Waals surface area contributed by atoms with Gasteiger partial charge in [-0.15, -0.1) is 0 Å². The molecule has 0 radical (unpaired) electrons. The second-order valence-electron chi connectivity index (χ2n) is 11.5. The Morgan fingerprint density at radius 2 is 1.76 bits per heavy atom. The largest absolute Gasteiger partial charge is 0.444 e. The lowest BCUT2D eigenvalue weighted by Gasteiger charge is -2.39. The summed E-state index contributed by atoms with van der Waals surface area (Å²) in [7, 11) is 0. The molecule has 0 spiro atoms. The molecule has 0 atom stereocenters. The third-order valence-electron chi connectivity index (χ3n) is 6.97. The van der Waals surface area contributed by atoms with E-state index in [1.54, 1.807) is 9.80 Å². The quantitative estimate of drug-likeness (QED) is 0.421. The molecular weight excluding hydrogens is 502 g/mol. The maximum Gasteiger partial charge on any atom is 0.416 e. The molecule has 2 heterocycles. The van der Waals surface area contributed by atoms with Crippen LogP contribution in [-0.4, -0.2) is 52.2 Å². The van der Waals surface area contributed by atoms with Crippen LogP contribution < -0.4 is 10.2 Å². The number of amides is 1. The summed E-state index contributed by atoms with van der Waals surface area (Å²) in [6.07, 6.45) is -0.264. The number of carbonyl (C=O) groups is 1. The zero-order chi connectivity index (χ0) is 27.7. The van der Waals surface area contributed by atoms with Gasteiger partial charge in [0.25, 0.3) is 0 Å². The van der Waals surface area contributed by atoms with Gasteiger partial charge in [0, 0.05) is 32.2 Å². The van der Waals surface area contributed by atoms with Gasteiger partial charge >= 0.3 is 12.3 Å². The van der Waals surface area contributed by atoms with Crippen LogP contribution in [0.2, 0.25) is 0 Å². The van der Waals surface area contributed by atoms with Gasteiger partial charge in [0.1, 0.15) is 11.9 Å². The molecule has 1 aromatic heterocycles. The van der Waals surface area contributed by atoms with Crippen molar-refractivity contribution >= 4 is 17.7 Å². The number of hydrogen-bond donors (Lipinski definition) is 1. The van der Waals surface area contributed by atoms with Crippen molar-refractivity contribution in [1.29, 1.82) is 0 Å². The monoisotopic (exact) mass is 537 g/mol. The van der Waals surface area contributed by atoms with E-state index in [1.165, 1.54) is 18.5 Å². The van der Waals surface area contributed by atoms with Crippen LogP contribution in [0, 0.1) is 11.2 Å². The molecule has 2 fully saturated rings. The lowest BCUT2D eigenvalue weighted by Crippen LogP contribution is -2.46. The number of aromatic nitrogens is 2. The fourth-order valence-electron chi connectivity index (χ4n) is 4.47. The van der Waals surface area contributed by atoms with Gasteiger partial charge in [-0.25, -0.2) is 14.8 Å². The van der Waals surface area contributed by atoms with Crippen LogP contribution in [0.3, 0.4) is 0 Å².